The maximum absolute atomic E-state index is 12.6. The number of rotatable bonds is 4. The van der Waals surface area contributed by atoms with Gasteiger partial charge < -0.3 is 15.5 Å². The van der Waals surface area contributed by atoms with E-state index in [0.29, 0.717) is 5.96 Å². The topological polar surface area (TPSA) is 56.7 Å². The predicted molar refractivity (Wildman–Crippen MR) is 102 cm³/mol. The third kappa shape index (κ3) is 3.99. The van der Waals surface area contributed by atoms with Crippen LogP contribution in [0.15, 0.2) is 59.6 Å². The molecule has 5 heteroatoms. The van der Waals surface area contributed by atoms with Crippen molar-refractivity contribution >= 4 is 17.6 Å². The van der Waals surface area contributed by atoms with Crippen LogP contribution in [0.1, 0.15) is 24.1 Å². The van der Waals surface area contributed by atoms with Crippen molar-refractivity contribution in [2.75, 3.05) is 25.0 Å². The van der Waals surface area contributed by atoms with E-state index >= 15 is 0 Å². The van der Waals surface area contributed by atoms with Crippen molar-refractivity contribution < 1.29 is 4.79 Å². The number of amides is 1. The van der Waals surface area contributed by atoms with E-state index in [0.717, 1.165) is 18.7 Å². The molecule has 3 rings (SSSR count). The normalized spacial score (nSPS) is 14.8. The first-order valence-electron chi connectivity index (χ1n) is 8.59. The minimum absolute atomic E-state index is 0.0558. The van der Waals surface area contributed by atoms with E-state index in [4.69, 9.17) is 0 Å². The molecule has 0 saturated heterocycles. The molecule has 2 N–H and O–H groups in total. The average molecular weight is 336 g/mol. The van der Waals surface area contributed by atoms with Gasteiger partial charge >= 0.3 is 0 Å². The van der Waals surface area contributed by atoms with Crippen LogP contribution >= 0.6 is 0 Å². The molecule has 0 fully saturated rings. The van der Waals surface area contributed by atoms with Gasteiger partial charge in [-0.05, 0) is 30.5 Å². The molecule has 0 aliphatic carbocycles. The number of benzene rings is 2. The predicted octanol–water partition coefficient (Wildman–Crippen LogP) is 2.50. The first-order valence-corrected chi connectivity index (χ1v) is 8.59. The molecule has 130 valence electrons. The number of para-hydroxylation sites is 1. The quantitative estimate of drug-likeness (QED) is 0.666. The summed E-state index contributed by atoms with van der Waals surface area (Å²) in [4.78, 5) is 18.6. The molecule has 0 saturated carbocycles. The number of aliphatic imine (C=N–C) groups is 1. The molecule has 1 aliphatic rings. The van der Waals surface area contributed by atoms with Gasteiger partial charge in [-0.2, -0.15) is 0 Å². The zero-order valence-corrected chi connectivity index (χ0v) is 14.7. The molecule has 25 heavy (non-hydrogen) atoms. The van der Waals surface area contributed by atoms with Crippen LogP contribution in [-0.4, -0.2) is 32.0 Å². The zero-order valence-electron chi connectivity index (χ0n) is 14.7. The van der Waals surface area contributed by atoms with Gasteiger partial charge in [-0.25, -0.2) is 0 Å². The van der Waals surface area contributed by atoms with Crippen molar-refractivity contribution in [1.82, 2.24) is 10.6 Å². The highest BCUT2D eigenvalue weighted by Gasteiger charge is 2.24. The number of fused-ring (bicyclic) bond motifs is 1. The van der Waals surface area contributed by atoms with Crippen LogP contribution in [0.2, 0.25) is 0 Å². The molecule has 5 nitrogen and oxygen atoms in total. The molecule has 0 radical (unpaired) electrons. The Kier molecular flexibility index (Phi) is 5.33. The Balaban J connectivity index is 1.56. The van der Waals surface area contributed by atoms with Crippen LogP contribution in [0.5, 0.6) is 0 Å². The Morgan fingerprint density at radius 2 is 1.88 bits per heavy atom. The summed E-state index contributed by atoms with van der Waals surface area (Å²) in [7, 11) is 1.71. The lowest BCUT2D eigenvalue weighted by atomic mass is 10.1. The Morgan fingerprint density at radius 3 is 2.64 bits per heavy atom. The number of carbonyl (C=O) groups is 1. The van der Waals surface area contributed by atoms with Gasteiger partial charge in [0.15, 0.2) is 5.96 Å². The van der Waals surface area contributed by atoms with E-state index in [1.807, 2.05) is 41.3 Å². The fraction of sp³-hybridized carbons (Fsp3) is 0.300. The van der Waals surface area contributed by atoms with Gasteiger partial charge in [0.05, 0.1) is 12.6 Å². The van der Waals surface area contributed by atoms with E-state index in [1.54, 1.807) is 7.05 Å². The van der Waals surface area contributed by atoms with Crippen LogP contribution in [0.4, 0.5) is 5.69 Å². The summed E-state index contributed by atoms with van der Waals surface area (Å²) < 4.78 is 0. The van der Waals surface area contributed by atoms with Crippen molar-refractivity contribution in [2.45, 2.75) is 19.4 Å². The second kappa shape index (κ2) is 7.83. The zero-order chi connectivity index (χ0) is 17.6. The summed E-state index contributed by atoms with van der Waals surface area (Å²) >= 11 is 0. The Bertz CT molecular complexity index is 757. The largest absolute Gasteiger partial charge is 0.350 e. The molecular formula is C20H24N4O. The van der Waals surface area contributed by atoms with Crippen LogP contribution in [0.3, 0.4) is 0 Å². The van der Waals surface area contributed by atoms with E-state index < -0.39 is 0 Å². The highest BCUT2D eigenvalue weighted by molar-refractivity contribution is 5.98. The van der Waals surface area contributed by atoms with E-state index in [-0.39, 0.29) is 18.5 Å². The first-order chi connectivity index (χ1) is 12.2. The number of hydrogen-bond acceptors (Lipinski definition) is 2. The lowest BCUT2D eigenvalue weighted by molar-refractivity contribution is -0.117. The summed E-state index contributed by atoms with van der Waals surface area (Å²) in [5.41, 5.74) is 3.43. The fourth-order valence-electron chi connectivity index (χ4n) is 3.08. The Hall–Kier alpha value is -2.82. The molecule has 0 aromatic heterocycles. The number of nitrogens with zero attached hydrogens (tertiary/aromatic N) is 2. The van der Waals surface area contributed by atoms with Gasteiger partial charge in [0.25, 0.3) is 0 Å². The van der Waals surface area contributed by atoms with Gasteiger partial charge in [-0.1, -0.05) is 48.5 Å². The standard InChI is InChI=1S/C20H24N4O/c1-15(16-8-4-3-5-9-16)23-20(21-2)22-14-19(25)24-13-12-17-10-6-7-11-18(17)24/h3-11,15H,12-14H2,1-2H3,(H2,21,22,23). The van der Waals surface area contributed by atoms with Crippen molar-refractivity contribution in [3.05, 3.63) is 65.7 Å². The number of guanidine groups is 1. The summed E-state index contributed by atoms with van der Waals surface area (Å²) in [6, 6.07) is 18.3. The van der Waals surface area contributed by atoms with Gasteiger partial charge in [0, 0.05) is 19.3 Å². The monoisotopic (exact) mass is 336 g/mol. The maximum Gasteiger partial charge on any atom is 0.246 e. The highest BCUT2D eigenvalue weighted by atomic mass is 16.2. The molecule has 1 heterocycles. The van der Waals surface area contributed by atoms with Crippen molar-refractivity contribution in [3.63, 3.8) is 0 Å². The highest BCUT2D eigenvalue weighted by Crippen LogP contribution is 2.27. The van der Waals surface area contributed by atoms with Gasteiger partial charge in [-0.3, -0.25) is 9.79 Å². The Morgan fingerprint density at radius 1 is 1.16 bits per heavy atom. The minimum Gasteiger partial charge on any atom is -0.350 e. The summed E-state index contributed by atoms with van der Waals surface area (Å²) in [5, 5.41) is 6.44. The van der Waals surface area contributed by atoms with Crippen LogP contribution in [0, 0.1) is 0 Å². The lowest BCUT2D eigenvalue weighted by Gasteiger charge is -2.21. The summed E-state index contributed by atoms with van der Waals surface area (Å²) in [6.07, 6.45) is 0.917. The summed E-state index contributed by atoms with van der Waals surface area (Å²) in [5.74, 6) is 0.678. The van der Waals surface area contributed by atoms with Gasteiger partial charge in [-0.15, -0.1) is 0 Å². The third-order valence-corrected chi connectivity index (χ3v) is 4.47. The van der Waals surface area contributed by atoms with Gasteiger partial charge in [0.2, 0.25) is 5.91 Å². The lowest BCUT2D eigenvalue weighted by Crippen LogP contribution is -2.45. The van der Waals surface area contributed by atoms with Crippen LogP contribution < -0.4 is 15.5 Å². The molecule has 0 bridgehead atoms. The van der Waals surface area contributed by atoms with Crippen molar-refractivity contribution in [3.8, 4) is 0 Å². The van der Waals surface area contributed by atoms with E-state index in [9.17, 15) is 4.79 Å². The third-order valence-electron chi connectivity index (χ3n) is 4.47. The first kappa shape index (κ1) is 17.0. The molecule has 1 atom stereocenters. The number of hydrogen-bond donors (Lipinski definition) is 2. The maximum atomic E-state index is 12.6. The fourth-order valence-corrected chi connectivity index (χ4v) is 3.08. The van der Waals surface area contributed by atoms with Crippen molar-refractivity contribution in [1.29, 1.82) is 0 Å². The number of carbonyl (C=O) groups excluding carboxylic acids is 1. The molecule has 2 aromatic rings. The molecule has 0 spiro atoms. The van der Waals surface area contributed by atoms with E-state index in [1.165, 1.54) is 11.1 Å². The molecular weight excluding hydrogens is 312 g/mol. The number of anilines is 1. The smallest absolute Gasteiger partial charge is 0.246 e. The number of nitrogens with one attached hydrogen (secondary N) is 2. The molecule has 2 aromatic carbocycles. The molecule has 1 aliphatic heterocycles. The summed E-state index contributed by atoms with van der Waals surface area (Å²) in [6.45, 7) is 3.03. The SMILES string of the molecule is CN=C(NCC(=O)N1CCc2ccccc21)NC(C)c1ccccc1. The average Bonchev–Trinajstić information content (AvgIpc) is 3.09. The van der Waals surface area contributed by atoms with Crippen LogP contribution in [0.25, 0.3) is 0 Å². The Labute approximate surface area is 148 Å². The second-order valence-electron chi connectivity index (χ2n) is 6.13. The second-order valence-corrected chi connectivity index (χ2v) is 6.13. The molecule has 1 amide bonds. The molecule has 1 unspecified atom stereocenters. The van der Waals surface area contributed by atoms with Crippen molar-refractivity contribution in [2.24, 2.45) is 4.99 Å². The van der Waals surface area contributed by atoms with E-state index in [2.05, 4.69) is 40.7 Å². The van der Waals surface area contributed by atoms with Gasteiger partial charge in [0.1, 0.15) is 0 Å². The minimum atomic E-state index is 0.0558. The van der Waals surface area contributed by atoms with Crippen LogP contribution in [-0.2, 0) is 11.2 Å².